The second kappa shape index (κ2) is 5.21. The molecule has 0 N–H and O–H groups in total. The maximum atomic E-state index is 11.6. The first-order valence-corrected chi connectivity index (χ1v) is 6.94. The van der Waals surface area contributed by atoms with Gasteiger partial charge in [0.2, 0.25) is 0 Å². The van der Waals surface area contributed by atoms with E-state index >= 15 is 0 Å². The summed E-state index contributed by atoms with van der Waals surface area (Å²) in [6.45, 7) is 4.94. The van der Waals surface area contributed by atoms with E-state index in [0.717, 1.165) is 65.8 Å². The monoisotopic (exact) mass is 270 g/mol. The van der Waals surface area contributed by atoms with Gasteiger partial charge in [-0.25, -0.2) is 4.98 Å². The van der Waals surface area contributed by atoms with Gasteiger partial charge in [-0.15, -0.1) is 0 Å². The molecule has 20 heavy (non-hydrogen) atoms. The Labute approximate surface area is 118 Å². The van der Waals surface area contributed by atoms with Crippen LogP contribution in [0.5, 0.6) is 5.75 Å². The summed E-state index contributed by atoms with van der Waals surface area (Å²) in [7, 11) is 1.63. The van der Waals surface area contributed by atoms with Gasteiger partial charge >= 0.3 is 0 Å². The van der Waals surface area contributed by atoms with Crippen LogP contribution in [-0.2, 0) is 13.0 Å². The van der Waals surface area contributed by atoms with Gasteiger partial charge < -0.3 is 4.74 Å². The van der Waals surface area contributed by atoms with Gasteiger partial charge in [0, 0.05) is 36.2 Å². The summed E-state index contributed by atoms with van der Waals surface area (Å²) in [5.41, 5.74) is 3.67. The Bertz CT molecular complexity index is 667. The highest BCUT2D eigenvalue weighted by molar-refractivity contribution is 6.00. The lowest BCUT2D eigenvalue weighted by atomic mass is 9.96. The lowest BCUT2D eigenvalue weighted by Crippen LogP contribution is -2.31. The fourth-order valence-corrected chi connectivity index (χ4v) is 2.89. The molecule has 0 amide bonds. The van der Waals surface area contributed by atoms with Gasteiger partial charge in [-0.2, -0.15) is 0 Å². The Morgan fingerprint density at radius 2 is 2.30 bits per heavy atom. The highest BCUT2D eigenvalue weighted by Gasteiger charge is 2.22. The van der Waals surface area contributed by atoms with Crippen LogP contribution in [-0.4, -0.2) is 36.4 Å². The van der Waals surface area contributed by atoms with Gasteiger partial charge in [-0.05, 0) is 18.2 Å². The predicted octanol–water partition coefficient (Wildman–Crippen LogP) is 2.43. The molecule has 2 aromatic rings. The second-order valence-corrected chi connectivity index (χ2v) is 5.04. The van der Waals surface area contributed by atoms with Crippen molar-refractivity contribution < 1.29 is 9.53 Å². The highest BCUT2D eigenvalue weighted by Crippen LogP contribution is 2.31. The van der Waals surface area contributed by atoms with Crippen LogP contribution in [0.3, 0.4) is 0 Å². The number of para-hydroxylation sites is 1. The number of hydrogen-bond acceptors (Lipinski definition) is 4. The Hall–Kier alpha value is -1.94. The van der Waals surface area contributed by atoms with Crippen molar-refractivity contribution in [3.63, 3.8) is 0 Å². The molecule has 0 saturated heterocycles. The number of methoxy groups -OCH3 is 1. The van der Waals surface area contributed by atoms with Crippen LogP contribution in [0.15, 0.2) is 18.2 Å². The first-order chi connectivity index (χ1) is 9.78. The van der Waals surface area contributed by atoms with Crippen LogP contribution in [0, 0.1) is 0 Å². The van der Waals surface area contributed by atoms with E-state index in [1.165, 1.54) is 0 Å². The van der Waals surface area contributed by atoms with Crippen molar-refractivity contribution in [2.45, 2.75) is 19.9 Å². The number of pyridine rings is 1. The molecule has 0 spiro atoms. The normalized spacial score (nSPS) is 15.1. The van der Waals surface area contributed by atoms with Crippen LogP contribution in [0.4, 0.5) is 0 Å². The number of fused-ring (bicyclic) bond motifs is 2. The average Bonchev–Trinajstić information content (AvgIpc) is 2.51. The van der Waals surface area contributed by atoms with Crippen LogP contribution in [0.2, 0.25) is 0 Å². The number of aldehydes is 1. The predicted molar refractivity (Wildman–Crippen MR) is 78.3 cm³/mol. The molecule has 4 heteroatoms. The van der Waals surface area contributed by atoms with E-state index in [1.54, 1.807) is 7.11 Å². The molecule has 0 unspecified atom stereocenters. The summed E-state index contributed by atoms with van der Waals surface area (Å²) in [5.74, 6) is 0.728. The Balaban J connectivity index is 2.27. The minimum absolute atomic E-state index is 0.728. The van der Waals surface area contributed by atoms with Gasteiger partial charge in [0.15, 0.2) is 6.29 Å². The maximum absolute atomic E-state index is 11.6. The SMILES string of the molecule is CCN1CCc2nc3c(OC)cccc3c(C=O)c2C1. The van der Waals surface area contributed by atoms with Gasteiger partial charge in [0.1, 0.15) is 11.3 Å². The lowest BCUT2D eigenvalue weighted by Gasteiger charge is -2.28. The van der Waals surface area contributed by atoms with E-state index in [1.807, 2.05) is 18.2 Å². The van der Waals surface area contributed by atoms with E-state index < -0.39 is 0 Å². The van der Waals surface area contributed by atoms with Crippen molar-refractivity contribution in [2.24, 2.45) is 0 Å². The number of carbonyl (C=O) groups is 1. The zero-order valence-corrected chi connectivity index (χ0v) is 11.8. The lowest BCUT2D eigenvalue weighted by molar-refractivity contribution is 0.112. The fourth-order valence-electron chi connectivity index (χ4n) is 2.89. The molecule has 0 aliphatic carbocycles. The van der Waals surface area contributed by atoms with Crippen molar-refractivity contribution in [3.05, 3.63) is 35.0 Å². The Kier molecular flexibility index (Phi) is 3.40. The fraction of sp³-hybridized carbons (Fsp3) is 0.375. The summed E-state index contributed by atoms with van der Waals surface area (Å²) in [5, 5.41) is 0.885. The molecule has 0 bridgehead atoms. The molecule has 1 aliphatic heterocycles. The molecule has 0 atom stereocenters. The van der Waals surface area contributed by atoms with Gasteiger partial charge in [-0.1, -0.05) is 19.1 Å². The Morgan fingerprint density at radius 1 is 1.45 bits per heavy atom. The van der Waals surface area contributed by atoms with Crippen molar-refractivity contribution in [1.82, 2.24) is 9.88 Å². The van der Waals surface area contributed by atoms with Crippen molar-refractivity contribution in [1.29, 1.82) is 0 Å². The summed E-state index contributed by atoms with van der Waals surface area (Å²) >= 11 is 0. The smallest absolute Gasteiger partial charge is 0.151 e. The summed E-state index contributed by atoms with van der Waals surface area (Å²) in [6.07, 6.45) is 1.85. The van der Waals surface area contributed by atoms with E-state index in [-0.39, 0.29) is 0 Å². The standard InChI is InChI=1S/C16H18N2O2/c1-3-18-8-7-14-12(9-18)13(10-19)11-5-4-6-15(20-2)16(11)17-14/h4-6,10H,3,7-9H2,1-2H3. The number of likely N-dealkylation sites (N-methyl/N-ethyl adjacent to an activating group) is 1. The quantitative estimate of drug-likeness (QED) is 0.803. The molecule has 0 fully saturated rings. The van der Waals surface area contributed by atoms with Gasteiger partial charge in [0.25, 0.3) is 0 Å². The van der Waals surface area contributed by atoms with E-state index in [9.17, 15) is 4.79 Å². The number of ether oxygens (including phenoxy) is 1. The molecular formula is C16H18N2O2. The topological polar surface area (TPSA) is 42.4 Å². The molecule has 1 aliphatic rings. The number of aromatic nitrogens is 1. The van der Waals surface area contributed by atoms with Crippen molar-refractivity contribution in [3.8, 4) is 5.75 Å². The van der Waals surface area contributed by atoms with Crippen LogP contribution in [0.1, 0.15) is 28.5 Å². The molecule has 0 saturated carbocycles. The zero-order chi connectivity index (χ0) is 14.1. The van der Waals surface area contributed by atoms with E-state index in [4.69, 9.17) is 9.72 Å². The molecule has 1 aromatic carbocycles. The third kappa shape index (κ3) is 1.96. The molecule has 3 rings (SSSR count). The first-order valence-electron chi connectivity index (χ1n) is 6.94. The molecule has 0 radical (unpaired) electrons. The Morgan fingerprint density at radius 3 is 3.00 bits per heavy atom. The number of hydrogen-bond donors (Lipinski definition) is 0. The minimum atomic E-state index is 0.728. The average molecular weight is 270 g/mol. The summed E-state index contributed by atoms with van der Waals surface area (Å²) in [6, 6.07) is 5.74. The van der Waals surface area contributed by atoms with Gasteiger partial charge in [0.05, 0.1) is 7.11 Å². The number of nitrogens with zero attached hydrogens (tertiary/aromatic N) is 2. The highest BCUT2D eigenvalue weighted by atomic mass is 16.5. The maximum Gasteiger partial charge on any atom is 0.151 e. The molecule has 4 nitrogen and oxygen atoms in total. The molecule has 1 aromatic heterocycles. The largest absolute Gasteiger partial charge is 0.494 e. The zero-order valence-electron chi connectivity index (χ0n) is 11.8. The third-order valence-corrected chi connectivity index (χ3v) is 4.04. The summed E-state index contributed by atoms with van der Waals surface area (Å²) < 4.78 is 5.37. The number of rotatable bonds is 3. The second-order valence-electron chi connectivity index (χ2n) is 5.04. The molecule has 2 heterocycles. The van der Waals surface area contributed by atoms with Crippen LogP contribution in [0.25, 0.3) is 10.9 Å². The first kappa shape index (κ1) is 13.1. The molecule has 104 valence electrons. The number of carbonyl (C=O) groups excluding carboxylic acids is 1. The van der Waals surface area contributed by atoms with Gasteiger partial charge in [-0.3, -0.25) is 9.69 Å². The summed E-state index contributed by atoms with van der Waals surface area (Å²) in [4.78, 5) is 18.7. The third-order valence-electron chi connectivity index (χ3n) is 4.04. The van der Waals surface area contributed by atoms with E-state index in [2.05, 4.69) is 11.8 Å². The van der Waals surface area contributed by atoms with Crippen molar-refractivity contribution >= 4 is 17.2 Å². The molecular weight excluding hydrogens is 252 g/mol. The van der Waals surface area contributed by atoms with E-state index in [0.29, 0.717) is 0 Å². The minimum Gasteiger partial charge on any atom is -0.494 e. The van der Waals surface area contributed by atoms with Crippen LogP contribution >= 0.6 is 0 Å². The number of benzene rings is 1. The van der Waals surface area contributed by atoms with Crippen molar-refractivity contribution in [2.75, 3.05) is 20.2 Å². The van der Waals surface area contributed by atoms with Crippen LogP contribution < -0.4 is 4.74 Å².